The SMILES string of the molecule is O=C(O)c1cc(S(=O)(=O)N2CCSC(c3ccc4c(c3)OCO4)CC2)ccc1F. The Morgan fingerprint density at radius 3 is 2.72 bits per heavy atom. The third kappa shape index (κ3) is 3.92. The summed E-state index contributed by atoms with van der Waals surface area (Å²) in [6.45, 7) is 0.751. The Hall–Kier alpha value is -2.30. The van der Waals surface area contributed by atoms with E-state index in [2.05, 4.69) is 0 Å². The van der Waals surface area contributed by atoms with Crippen molar-refractivity contribution < 1.29 is 32.2 Å². The van der Waals surface area contributed by atoms with E-state index in [9.17, 15) is 17.6 Å². The first kappa shape index (κ1) is 20.0. The highest BCUT2D eigenvalue weighted by molar-refractivity contribution is 7.99. The van der Waals surface area contributed by atoms with Gasteiger partial charge in [-0.1, -0.05) is 6.07 Å². The van der Waals surface area contributed by atoms with E-state index in [1.165, 1.54) is 4.31 Å². The van der Waals surface area contributed by atoms with E-state index in [1.54, 1.807) is 11.8 Å². The second kappa shape index (κ2) is 7.85. The molecule has 0 aliphatic carbocycles. The quantitative estimate of drug-likeness (QED) is 0.782. The molecule has 10 heteroatoms. The van der Waals surface area contributed by atoms with Crippen LogP contribution in [0.5, 0.6) is 11.5 Å². The van der Waals surface area contributed by atoms with Crippen LogP contribution >= 0.6 is 11.8 Å². The molecule has 7 nitrogen and oxygen atoms in total. The number of hydrogen-bond acceptors (Lipinski definition) is 6. The summed E-state index contributed by atoms with van der Waals surface area (Å²) < 4.78 is 51.7. The molecule has 1 N–H and O–H groups in total. The van der Waals surface area contributed by atoms with Crippen LogP contribution < -0.4 is 9.47 Å². The van der Waals surface area contributed by atoms with Crippen molar-refractivity contribution in [2.75, 3.05) is 25.6 Å². The number of rotatable bonds is 4. The summed E-state index contributed by atoms with van der Waals surface area (Å²) in [6.07, 6.45) is 0.580. The summed E-state index contributed by atoms with van der Waals surface area (Å²) in [6, 6.07) is 8.57. The van der Waals surface area contributed by atoms with E-state index in [4.69, 9.17) is 14.6 Å². The van der Waals surface area contributed by atoms with E-state index in [-0.39, 0.29) is 30.0 Å². The van der Waals surface area contributed by atoms with Crippen LogP contribution in [-0.2, 0) is 10.0 Å². The van der Waals surface area contributed by atoms with Crippen LogP contribution in [0.1, 0.15) is 27.6 Å². The fraction of sp³-hybridized carbons (Fsp3) is 0.316. The van der Waals surface area contributed by atoms with Gasteiger partial charge in [-0.15, -0.1) is 0 Å². The van der Waals surface area contributed by atoms with Crippen molar-refractivity contribution in [3.8, 4) is 11.5 Å². The average molecular weight is 439 g/mol. The van der Waals surface area contributed by atoms with Crippen LogP contribution in [0.25, 0.3) is 0 Å². The average Bonchev–Trinajstić information content (AvgIpc) is 3.01. The maximum Gasteiger partial charge on any atom is 0.338 e. The first-order valence-electron chi connectivity index (χ1n) is 8.90. The zero-order valence-electron chi connectivity index (χ0n) is 15.2. The van der Waals surface area contributed by atoms with Crippen LogP contribution in [0, 0.1) is 5.82 Å². The van der Waals surface area contributed by atoms with Crippen LogP contribution in [0.2, 0.25) is 0 Å². The molecule has 4 rings (SSSR count). The normalized spacial score (nSPS) is 19.7. The largest absolute Gasteiger partial charge is 0.478 e. The summed E-state index contributed by atoms with van der Waals surface area (Å²) in [4.78, 5) is 10.9. The van der Waals surface area contributed by atoms with Crippen molar-refractivity contribution in [3.05, 3.63) is 53.3 Å². The van der Waals surface area contributed by atoms with Crippen LogP contribution in [0.3, 0.4) is 0 Å². The molecule has 1 fully saturated rings. The topological polar surface area (TPSA) is 93.1 Å². The van der Waals surface area contributed by atoms with Gasteiger partial charge in [0.1, 0.15) is 5.82 Å². The third-order valence-corrected chi connectivity index (χ3v) is 8.10. The second-order valence-corrected chi connectivity index (χ2v) is 9.86. The Bertz CT molecular complexity index is 1060. The van der Waals surface area contributed by atoms with Gasteiger partial charge in [-0.25, -0.2) is 17.6 Å². The summed E-state index contributed by atoms with van der Waals surface area (Å²) in [5.74, 6) is -0.517. The maximum absolute atomic E-state index is 13.6. The molecule has 0 bridgehead atoms. The zero-order valence-corrected chi connectivity index (χ0v) is 16.8. The number of carboxylic acids is 1. The van der Waals surface area contributed by atoms with Crippen molar-refractivity contribution in [2.24, 2.45) is 0 Å². The highest BCUT2D eigenvalue weighted by Gasteiger charge is 2.30. The van der Waals surface area contributed by atoms with Gasteiger partial charge in [0.2, 0.25) is 16.8 Å². The molecule has 2 aliphatic heterocycles. The lowest BCUT2D eigenvalue weighted by molar-refractivity contribution is 0.0691. The highest BCUT2D eigenvalue weighted by atomic mass is 32.2. The Morgan fingerprint density at radius 1 is 1.14 bits per heavy atom. The molecule has 1 saturated heterocycles. The standard InChI is InChI=1S/C19H18FNO6S2/c20-15-3-2-13(10-14(15)19(22)23)29(24,25)21-6-5-18(28-8-7-21)12-1-4-16-17(9-12)27-11-26-16/h1-4,9-10,18H,5-8,11H2,(H,22,23). The number of fused-ring (bicyclic) bond motifs is 1. The maximum atomic E-state index is 13.6. The molecule has 2 aromatic carbocycles. The van der Waals surface area contributed by atoms with Gasteiger partial charge in [0.05, 0.1) is 10.5 Å². The third-order valence-electron chi connectivity index (χ3n) is 4.87. The number of carboxylic acid groups (broad SMARTS) is 1. The fourth-order valence-electron chi connectivity index (χ4n) is 3.35. The second-order valence-electron chi connectivity index (χ2n) is 6.61. The number of thioether (sulfide) groups is 1. The van der Waals surface area contributed by atoms with Crippen molar-refractivity contribution in [2.45, 2.75) is 16.6 Å². The first-order valence-corrected chi connectivity index (χ1v) is 11.4. The smallest absolute Gasteiger partial charge is 0.338 e. The van der Waals surface area contributed by atoms with Crippen LogP contribution in [-0.4, -0.2) is 49.4 Å². The van der Waals surface area contributed by atoms with E-state index < -0.39 is 27.4 Å². The fourth-order valence-corrected chi connectivity index (χ4v) is 6.17. The van der Waals surface area contributed by atoms with Crippen LogP contribution in [0.4, 0.5) is 4.39 Å². The highest BCUT2D eigenvalue weighted by Crippen LogP contribution is 2.40. The molecule has 29 heavy (non-hydrogen) atoms. The van der Waals surface area contributed by atoms with Crippen molar-refractivity contribution in [1.82, 2.24) is 4.31 Å². The van der Waals surface area contributed by atoms with Gasteiger partial charge in [-0.3, -0.25) is 0 Å². The predicted octanol–water partition coefficient (Wildman–Crippen LogP) is 3.12. The Morgan fingerprint density at radius 2 is 1.93 bits per heavy atom. The molecule has 154 valence electrons. The lowest BCUT2D eigenvalue weighted by atomic mass is 10.1. The predicted molar refractivity (Wildman–Crippen MR) is 104 cm³/mol. The summed E-state index contributed by atoms with van der Waals surface area (Å²) in [5, 5.41) is 9.16. The van der Waals surface area contributed by atoms with Gasteiger partial charge in [0.15, 0.2) is 11.5 Å². The molecule has 2 aromatic rings. The molecule has 1 unspecified atom stereocenters. The molecular weight excluding hydrogens is 421 g/mol. The summed E-state index contributed by atoms with van der Waals surface area (Å²) in [7, 11) is -3.93. The Labute approximate surface area is 171 Å². The van der Waals surface area contributed by atoms with Crippen molar-refractivity contribution in [1.29, 1.82) is 0 Å². The Kier molecular flexibility index (Phi) is 5.41. The van der Waals surface area contributed by atoms with Crippen LogP contribution in [0.15, 0.2) is 41.3 Å². The van der Waals surface area contributed by atoms with Crippen molar-refractivity contribution >= 4 is 27.8 Å². The monoisotopic (exact) mass is 439 g/mol. The minimum Gasteiger partial charge on any atom is -0.478 e. The molecular formula is C19H18FNO6S2. The van der Waals surface area contributed by atoms with Gasteiger partial charge in [-0.2, -0.15) is 16.1 Å². The minimum absolute atomic E-state index is 0.0903. The number of sulfonamides is 1. The summed E-state index contributed by atoms with van der Waals surface area (Å²) >= 11 is 1.65. The lowest BCUT2D eigenvalue weighted by Gasteiger charge is -2.20. The lowest BCUT2D eigenvalue weighted by Crippen LogP contribution is -2.33. The molecule has 2 heterocycles. The number of carbonyl (C=O) groups is 1. The number of aromatic carboxylic acids is 1. The van der Waals surface area contributed by atoms with Gasteiger partial charge in [0.25, 0.3) is 0 Å². The summed E-state index contributed by atoms with van der Waals surface area (Å²) in [5.41, 5.74) is 0.377. The van der Waals surface area contributed by atoms with E-state index >= 15 is 0 Å². The van der Waals surface area contributed by atoms with Gasteiger partial charge >= 0.3 is 5.97 Å². The molecule has 0 radical (unpaired) electrons. The van der Waals surface area contributed by atoms with Gasteiger partial charge < -0.3 is 14.6 Å². The molecule has 0 saturated carbocycles. The number of nitrogens with zero attached hydrogens (tertiary/aromatic N) is 1. The zero-order chi connectivity index (χ0) is 20.6. The first-order chi connectivity index (χ1) is 13.9. The minimum atomic E-state index is -3.93. The molecule has 1 atom stereocenters. The van der Waals surface area contributed by atoms with Crippen molar-refractivity contribution in [3.63, 3.8) is 0 Å². The van der Waals surface area contributed by atoms with E-state index in [0.717, 1.165) is 23.8 Å². The number of benzene rings is 2. The molecule has 0 spiro atoms. The molecule has 2 aliphatic rings. The number of halogens is 1. The number of ether oxygens (including phenoxy) is 2. The van der Waals surface area contributed by atoms with Gasteiger partial charge in [-0.05, 0) is 42.3 Å². The Balaban J connectivity index is 1.53. The molecule has 0 amide bonds. The number of hydrogen-bond donors (Lipinski definition) is 1. The van der Waals surface area contributed by atoms with E-state index in [0.29, 0.717) is 23.7 Å². The van der Waals surface area contributed by atoms with Gasteiger partial charge in [0, 0.05) is 24.1 Å². The van der Waals surface area contributed by atoms with E-state index in [1.807, 2.05) is 18.2 Å². The molecule has 0 aromatic heterocycles.